The summed E-state index contributed by atoms with van der Waals surface area (Å²) in [5.41, 5.74) is 3.20. The first-order chi connectivity index (χ1) is 12.6. The molecule has 0 spiro atoms. The van der Waals surface area contributed by atoms with Gasteiger partial charge in [-0.3, -0.25) is 19.3 Å². The van der Waals surface area contributed by atoms with Crippen LogP contribution in [0.3, 0.4) is 0 Å². The van der Waals surface area contributed by atoms with Crippen LogP contribution in [0.2, 0.25) is 0 Å². The predicted octanol–water partition coefficient (Wildman–Crippen LogP) is 2.37. The average molecular weight is 347 g/mol. The van der Waals surface area contributed by atoms with Crippen LogP contribution in [0.25, 0.3) is 10.9 Å². The quantitative estimate of drug-likeness (QED) is 0.711. The maximum atomic E-state index is 12.4. The van der Waals surface area contributed by atoms with Crippen molar-refractivity contribution in [3.8, 4) is 0 Å². The summed E-state index contributed by atoms with van der Waals surface area (Å²) >= 11 is 0. The molecule has 0 unspecified atom stereocenters. The number of amides is 3. The number of nitrogens with zero attached hydrogens (tertiary/aromatic N) is 1. The molecule has 1 aliphatic heterocycles. The number of fused-ring (bicyclic) bond motifs is 2. The van der Waals surface area contributed by atoms with Gasteiger partial charge >= 0.3 is 0 Å². The van der Waals surface area contributed by atoms with Crippen molar-refractivity contribution >= 4 is 28.6 Å². The second kappa shape index (κ2) is 6.15. The highest BCUT2D eigenvalue weighted by molar-refractivity contribution is 6.21. The number of para-hydroxylation sites is 1. The maximum absolute atomic E-state index is 12.4. The number of nitrogens with one attached hydrogen (secondary N) is 2. The van der Waals surface area contributed by atoms with Gasteiger partial charge in [0.05, 0.1) is 11.1 Å². The van der Waals surface area contributed by atoms with Gasteiger partial charge in [-0.2, -0.15) is 0 Å². The van der Waals surface area contributed by atoms with Gasteiger partial charge in [-0.25, -0.2) is 0 Å². The van der Waals surface area contributed by atoms with Crippen molar-refractivity contribution < 1.29 is 14.4 Å². The van der Waals surface area contributed by atoms with Crippen molar-refractivity contribution in [2.45, 2.75) is 6.42 Å². The second-order valence-corrected chi connectivity index (χ2v) is 6.30. The fourth-order valence-corrected chi connectivity index (χ4v) is 3.25. The van der Waals surface area contributed by atoms with Crippen LogP contribution in [0, 0.1) is 0 Å². The Labute approximate surface area is 149 Å². The van der Waals surface area contributed by atoms with Crippen molar-refractivity contribution in [2.24, 2.45) is 0 Å². The Hall–Kier alpha value is -3.41. The zero-order valence-electron chi connectivity index (χ0n) is 14.2. The third kappa shape index (κ3) is 2.56. The highest BCUT2D eigenvalue weighted by Gasteiger charge is 2.33. The van der Waals surface area contributed by atoms with Crippen molar-refractivity contribution in [2.75, 3.05) is 13.6 Å². The summed E-state index contributed by atoms with van der Waals surface area (Å²) in [6.45, 7) is 0.477. The van der Waals surface area contributed by atoms with Gasteiger partial charge in [0.2, 0.25) is 0 Å². The van der Waals surface area contributed by atoms with Gasteiger partial charge in [-0.05, 0) is 36.2 Å². The first kappa shape index (κ1) is 16.1. The number of H-pyrrole nitrogens is 1. The highest BCUT2D eigenvalue weighted by atomic mass is 16.2. The molecule has 3 amide bonds. The van der Waals surface area contributed by atoms with Crippen LogP contribution in [-0.2, 0) is 6.42 Å². The molecule has 2 aromatic carbocycles. The van der Waals surface area contributed by atoms with E-state index in [1.54, 1.807) is 6.07 Å². The van der Waals surface area contributed by atoms with Crippen molar-refractivity contribution in [1.29, 1.82) is 0 Å². The maximum Gasteiger partial charge on any atom is 0.261 e. The number of hydrogen-bond donors (Lipinski definition) is 2. The van der Waals surface area contributed by atoms with Gasteiger partial charge in [-0.15, -0.1) is 0 Å². The summed E-state index contributed by atoms with van der Waals surface area (Å²) in [6.07, 6.45) is 2.65. The molecule has 0 bridgehead atoms. The Kier molecular flexibility index (Phi) is 3.80. The number of hydrogen-bond acceptors (Lipinski definition) is 3. The van der Waals surface area contributed by atoms with Gasteiger partial charge in [0.1, 0.15) is 0 Å². The lowest BCUT2D eigenvalue weighted by Crippen LogP contribution is -2.26. The van der Waals surface area contributed by atoms with Crippen molar-refractivity contribution in [3.05, 3.63) is 70.9 Å². The Morgan fingerprint density at radius 2 is 1.85 bits per heavy atom. The van der Waals surface area contributed by atoms with E-state index in [0.29, 0.717) is 24.1 Å². The monoisotopic (exact) mass is 347 g/mol. The Balaban J connectivity index is 1.45. The number of rotatable bonds is 4. The molecular weight excluding hydrogens is 330 g/mol. The number of aromatic nitrogens is 1. The molecule has 2 N–H and O–H groups in total. The molecule has 0 atom stereocenters. The molecule has 0 saturated carbocycles. The van der Waals surface area contributed by atoms with Crippen LogP contribution in [0.5, 0.6) is 0 Å². The van der Waals surface area contributed by atoms with E-state index in [0.717, 1.165) is 21.4 Å². The molecule has 2 heterocycles. The van der Waals surface area contributed by atoms with Gasteiger partial charge in [0.25, 0.3) is 17.7 Å². The molecule has 0 aliphatic carbocycles. The third-order valence-electron chi connectivity index (χ3n) is 4.71. The van der Waals surface area contributed by atoms with Gasteiger partial charge in [0.15, 0.2) is 0 Å². The number of aromatic amines is 1. The minimum Gasteiger partial charge on any atom is -0.361 e. The molecule has 1 aromatic heterocycles. The first-order valence-electron chi connectivity index (χ1n) is 8.36. The number of carbonyl (C=O) groups excluding carboxylic acids is 3. The van der Waals surface area contributed by atoms with Gasteiger partial charge in [0, 0.05) is 36.3 Å². The summed E-state index contributed by atoms with van der Waals surface area (Å²) in [4.78, 5) is 40.6. The van der Waals surface area contributed by atoms with Crippen LogP contribution in [0.1, 0.15) is 36.6 Å². The van der Waals surface area contributed by atoms with E-state index in [2.05, 4.69) is 10.3 Å². The number of imide groups is 1. The topological polar surface area (TPSA) is 82.3 Å². The fourth-order valence-electron chi connectivity index (χ4n) is 3.25. The molecular formula is C20H17N3O3. The van der Waals surface area contributed by atoms with Crippen LogP contribution in [-0.4, -0.2) is 41.2 Å². The minimum atomic E-state index is -0.376. The lowest BCUT2D eigenvalue weighted by molar-refractivity contribution is 0.0693. The van der Waals surface area contributed by atoms with E-state index in [1.807, 2.05) is 30.5 Å². The summed E-state index contributed by atoms with van der Waals surface area (Å²) < 4.78 is 0. The molecule has 6 nitrogen and oxygen atoms in total. The fraction of sp³-hybridized carbons (Fsp3) is 0.150. The van der Waals surface area contributed by atoms with E-state index in [9.17, 15) is 14.4 Å². The molecule has 130 valence electrons. The Morgan fingerprint density at radius 1 is 1.08 bits per heavy atom. The standard InChI is InChI=1S/C20H17N3O3/c1-23-19(25)15-7-6-12(10-16(15)20(23)26)18(24)21-9-8-13-11-22-17-5-3-2-4-14(13)17/h2-7,10-11,22H,8-9H2,1H3,(H,21,24). The van der Waals surface area contributed by atoms with Crippen LogP contribution in [0.15, 0.2) is 48.7 Å². The first-order valence-corrected chi connectivity index (χ1v) is 8.36. The van der Waals surface area contributed by atoms with E-state index in [-0.39, 0.29) is 23.3 Å². The lowest BCUT2D eigenvalue weighted by Gasteiger charge is -2.06. The molecule has 0 saturated heterocycles. The Bertz CT molecular complexity index is 1050. The molecule has 6 heteroatoms. The van der Waals surface area contributed by atoms with Gasteiger partial charge in [-0.1, -0.05) is 18.2 Å². The normalized spacial score (nSPS) is 13.3. The molecule has 26 heavy (non-hydrogen) atoms. The van der Waals surface area contributed by atoms with Crippen LogP contribution < -0.4 is 5.32 Å². The van der Waals surface area contributed by atoms with Crippen molar-refractivity contribution in [3.63, 3.8) is 0 Å². The Morgan fingerprint density at radius 3 is 2.69 bits per heavy atom. The number of benzene rings is 2. The largest absolute Gasteiger partial charge is 0.361 e. The van der Waals surface area contributed by atoms with E-state index >= 15 is 0 Å². The molecule has 4 rings (SSSR count). The van der Waals surface area contributed by atoms with Gasteiger partial charge < -0.3 is 10.3 Å². The summed E-state index contributed by atoms with van der Waals surface area (Å²) in [5, 5.41) is 4.01. The molecule has 1 aliphatic rings. The van der Waals surface area contributed by atoms with Crippen LogP contribution >= 0.6 is 0 Å². The summed E-state index contributed by atoms with van der Waals surface area (Å²) in [6, 6.07) is 12.6. The second-order valence-electron chi connectivity index (χ2n) is 6.30. The lowest BCUT2D eigenvalue weighted by atomic mass is 10.1. The summed E-state index contributed by atoms with van der Waals surface area (Å²) in [5.74, 6) is -0.975. The minimum absolute atomic E-state index is 0.262. The van der Waals surface area contributed by atoms with E-state index in [4.69, 9.17) is 0 Å². The zero-order valence-corrected chi connectivity index (χ0v) is 14.2. The predicted molar refractivity (Wildman–Crippen MR) is 97.2 cm³/mol. The highest BCUT2D eigenvalue weighted by Crippen LogP contribution is 2.23. The third-order valence-corrected chi connectivity index (χ3v) is 4.71. The summed E-state index contributed by atoms with van der Waals surface area (Å²) in [7, 11) is 1.44. The molecule has 0 fully saturated rings. The zero-order chi connectivity index (χ0) is 18.3. The average Bonchev–Trinajstić information content (AvgIpc) is 3.17. The SMILES string of the molecule is CN1C(=O)c2ccc(C(=O)NCCc3c[nH]c4ccccc34)cc2C1=O. The number of carbonyl (C=O) groups is 3. The van der Waals surface area contributed by atoms with Crippen molar-refractivity contribution in [1.82, 2.24) is 15.2 Å². The molecule has 0 radical (unpaired) electrons. The molecule has 3 aromatic rings. The smallest absolute Gasteiger partial charge is 0.261 e. The van der Waals surface area contributed by atoms with Crippen LogP contribution in [0.4, 0.5) is 0 Å². The van der Waals surface area contributed by atoms with E-state index in [1.165, 1.54) is 19.2 Å². The van der Waals surface area contributed by atoms with E-state index < -0.39 is 0 Å².